The van der Waals surface area contributed by atoms with Gasteiger partial charge in [0.2, 0.25) is 0 Å². The van der Waals surface area contributed by atoms with E-state index in [2.05, 4.69) is 17.2 Å². The molecule has 0 amide bonds. The van der Waals surface area contributed by atoms with E-state index in [1.165, 1.54) is 0 Å². The molecule has 0 radical (unpaired) electrons. The Kier molecular flexibility index (Phi) is 3.40. The number of aromatic nitrogens is 1. The van der Waals surface area contributed by atoms with Gasteiger partial charge in [0.05, 0.1) is 16.8 Å². The number of rotatable bonds is 3. The third-order valence-corrected chi connectivity index (χ3v) is 3.95. The van der Waals surface area contributed by atoms with Crippen molar-refractivity contribution in [1.82, 2.24) is 10.3 Å². The molecule has 1 aromatic carbocycles. The summed E-state index contributed by atoms with van der Waals surface area (Å²) in [5.41, 5.74) is 3.10. The Balaban J connectivity index is 2.18. The normalized spacial score (nSPS) is 18.6. The molecule has 4 nitrogen and oxygen atoms in total. The highest BCUT2D eigenvalue weighted by Crippen LogP contribution is 2.27. The molecule has 2 aromatic rings. The first-order valence-electron chi connectivity index (χ1n) is 7.09. The highest BCUT2D eigenvalue weighted by molar-refractivity contribution is 6.02. The quantitative estimate of drug-likeness (QED) is 0.900. The van der Waals surface area contributed by atoms with E-state index in [1.54, 1.807) is 6.07 Å². The van der Waals surface area contributed by atoms with E-state index in [4.69, 9.17) is 0 Å². The maximum atomic E-state index is 11.5. The second-order valence-electron chi connectivity index (χ2n) is 5.25. The first kappa shape index (κ1) is 13.1. The van der Waals surface area contributed by atoms with Crippen molar-refractivity contribution in [2.75, 3.05) is 6.54 Å². The molecule has 1 atom stereocenters. The molecule has 20 heavy (non-hydrogen) atoms. The number of carbonyl (C=O) groups is 1. The minimum atomic E-state index is -0.884. The third-order valence-electron chi connectivity index (χ3n) is 3.95. The second-order valence-corrected chi connectivity index (χ2v) is 5.25. The highest BCUT2D eigenvalue weighted by atomic mass is 16.4. The molecule has 2 N–H and O–H groups in total. The largest absolute Gasteiger partial charge is 0.478 e. The smallest absolute Gasteiger partial charge is 0.336 e. The van der Waals surface area contributed by atoms with Crippen LogP contribution in [0.5, 0.6) is 0 Å². The minimum absolute atomic E-state index is 0.184. The lowest BCUT2D eigenvalue weighted by molar-refractivity contribution is 0.0699. The predicted molar refractivity (Wildman–Crippen MR) is 78.1 cm³/mol. The Morgan fingerprint density at radius 3 is 2.95 bits per heavy atom. The molecule has 1 saturated heterocycles. The van der Waals surface area contributed by atoms with Gasteiger partial charge in [0, 0.05) is 11.4 Å². The van der Waals surface area contributed by atoms with Crippen molar-refractivity contribution in [3.8, 4) is 0 Å². The van der Waals surface area contributed by atoms with Crippen molar-refractivity contribution in [2.24, 2.45) is 0 Å². The minimum Gasteiger partial charge on any atom is -0.478 e. The van der Waals surface area contributed by atoms with Gasteiger partial charge in [-0.1, -0.05) is 13.0 Å². The zero-order valence-electron chi connectivity index (χ0n) is 11.5. The lowest BCUT2D eigenvalue weighted by Crippen LogP contribution is -2.15. The summed E-state index contributed by atoms with van der Waals surface area (Å²) in [5, 5.41) is 13.6. The van der Waals surface area contributed by atoms with Gasteiger partial charge in [-0.3, -0.25) is 4.98 Å². The Labute approximate surface area is 117 Å². The summed E-state index contributed by atoms with van der Waals surface area (Å²) in [6.07, 6.45) is 3.02. The summed E-state index contributed by atoms with van der Waals surface area (Å²) in [5.74, 6) is -0.884. The topological polar surface area (TPSA) is 62.2 Å². The lowest BCUT2D eigenvalue weighted by Gasteiger charge is -2.13. The molecule has 0 spiro atoms. The molecule has 0 saturated carbocycles. The van der Waals surface area contributed by atoms with Crippen LogP contribution in [0, 0.1) is 0 Å². The molecule has 1 unspecified atom stereocenters. The van der Waals surface area contributed by atoms with E-state index in [-0.39, 0.29) is 6.04 Å². The van der Waals surface area contributed by atoms with Gasteiger partial charge >= 0.3 is 5.97 Å². The molecule has 1 aliphatic rings. The third kappa shape index (κ3) is 2.27. The monoisotopic (exact) mass is 270 g/mol. The SMILES string of the molecule is CCc1ccc2nc(C3CCCN3)cc(C(=O)O)c2c1. The second kappa shape index (κ2) is 5.21. The van der Waals surface area contributed by atoms with Gasteiger partial charge in [-0.05, 0) is 49.6 Å². The number of nitrogens with one attached hydrogen (secondary N) is 1. The molecule has 3 rings (SSSR count). The molecule has 1 aliphatic heterocycles. The predicted octanol–water partition coefficient (Wildman–Crippen LogP) is 2.92. The first-order valence-corrected chi connectivity index (χ1v) is 7.09. The van der Waals surface area contributed by atoms with Gasteiger partial charge in [0.15, 0.2) is 0 Å². The van der Waals surface area contributed by atoms with Crippen LogP contribution >= 0.6 is 0 Å². The Morgan fingerprint density at radius 2 is 2.30 bits per heavy atom. The number of benzene rings is 1. The van der Waals surface area contributed by atoms with Gasteiger partial charge in [-0.15, -0.1) is 0 Å². The summed E-state index contributed by atoms with van der Waals surface area (Å²) in [4.78, 5) is 16.2. The number of fused-ring (bicyclic) bond motifs is 1. The zero-order valence-corrected chi connectivity index (χ0v) is 11.5. The Hall–Kier alpha value is -1.94. The molecular formula is C16H18N2O2. The molecule has 104 valence electrons. The molecule has 2 heterocycles. The van der Waals surface area contributed by atoms with Crippen molar-refractivity contribution in [3.63, 3.8) is 0 Å². The van der Waals surface area contributed by atoms with Crippen molar-refractivity contribution >= 4 is 16.9 Å². The number of aryl methyl sites for hydroxylation is 1. The van der Waals surface area contributed by atoms with Crippen LogP contribution < -0.4 is 5.32 Å². The van der Waals surface area contributed by atoms with Crippen molar-refractivity contribution in [3.05, 3.63) is 41.1 Å². The van der Waals surface area contributed by atoms with Crippen LogP contribution in [0.2, 0.25) is 0 Å². The average Bonchev–Trinajstić information content (AvgIpc) is 2.99. The van der Waals surface area contributed by atoms with E-state index >= 15 is 0 Å². The zero-order chi connectivity index (χ0) is 14.1. The van der Waals surface area contributed by atoms with Gasteiger partial charge < -0.3 is 10.4 Å². The van der Waals surface area contributed by atoms with Gasteiger partial charge in [0.25, 0.3) is 0 Å². The van der Waals surface area contributed by atoms with Crippen LogP contribution in [-0.4, -0.2) is 22.6 Å². The number of aromatic carboxylic acids is 1. The summed E-state index contributed by atoms with van der Waals surface area (Å²) < 4.78 is 0. The summed E-state index contributed by atoms with van der Waals surface area (Å²) in [7, 11) is 0. The molecule has 4 heteroatoms. The maximum absolute atomic E-state index is 11.5. The van der Waals surface area contributed by atoms with E-state index in [0.29, 0.717) is 5.56 Å². The van der Waals surface area contributed by atoms with Gasteiger partial charge in [-0.25, -0.2) is 4.79 Å². The standard InChI is InChI=1S/C16H18N2O2/c1-2-10-5-6-13-11(8-10)12(16(19)20)9-15(18-13)14-4-3-7-17-14/h5-6,8-9,14,17H,2-4,7H2,1H3,(H,19,20). The number of hydrogen-bond donors (Lipinski definition) is 2. The molecule has 0 aliphatic carbocycles. The summed E-state index contributed by atoms with van der Waals surface area (Å²) in [6.45, 7) is 3.04. The van der Waals surface area contributed by atoms with Crippen molar-refractivity contribution in [2.45, 2.75) is 32.2 Å². The fourth-order valence-electron chi connectivity index (χ4n) is 2.81. The van der Waals surface area contributed by atoms with Crippen molar-refractivity contribution in [1.29, 1.82) is 0 Å². The van der Waals surface area contributed by atoms with E-state index in [0.717, 1.165) is 48.0 Å². The molecular weight excluding hydrogens is 252 g/mol. The van der Waals surface area contributed by atoms with E-state index in [1.807, 2.05) is 18.2 Å². The van der Waals surface area contributed by atoms with Crippen LogP contribution in [0.15, 0.2) is 24.3 Å². The number of carboxylic acid groups (broad SMARTS) is 1. The van der Waals surface area contributed by atoms with E-state index < -0.39 is 5.97 Å². The number of nitrogens with zero attached hydrogens (tertiary/aromatic N) is 1. The number of pyridine rings is 1. The van der Waals surface area contributed by atoms with Gasteiger partial charge in [-0.2, -0.15) is 0 Å². The van der Waals surface area contributed by atoms with Crippen LogP contribution in [0.3, 0.4) is 0 Å². The fraction of sp³-hybridized carbons (Fsp3) is 0.375. The highest BCUT2D eigenvalue weighted by Gasteiger charge is 2.21. The van der Waals surface area contributed by atoms with Crippen molar-refractivity contribution < 1.29 is 9.90 Å². The summed E-state index contributed by atoms with van der Waals surface area (Å²) >= 11 is 0. The molecule has 1 fully saturated rings. The lowest BCUT2D eigenvalue weighted by atomic mass is 10.0. The maximum Gasteiger partial charge on any atom is 0.336 e. The number of hydrogen-bond acceptors (Lipinski definition) is 3. The molecule has 1 aromatic heterocycles. The Bertz CT molecular complexity index is 661. The first-order chi connectivity index (χ1) is 9.69. The number of carboxylic acids is 1. The summed E-state index contributed by atoms with van der Waals surface area (Å²) in [6, 6.07) is 7.81. The Morgan fingerprint density at radius 1 is 1.45 bits per heavy atom. The van der Waals surface area contributed by atoms with Gasteiger partial charge in [0.1, 0.15) is 0 Å². The van der Waals surface area contributed by atoms with Crippen LogP contribution in [0.25, 0.3) is 10.9 Å². The average molecular weight is 270 g/mol. The fourth-order valence-corrected chi connectivity index (χ4v) is 2.81. The van der Waals surface area contributed by atoms with Crippen LogP contribution in [-0.2, 0) is 6.42 Å². The molecule has 0 bridgehead atoms. The van der Waals surface area contributed by atoms with Crippen LogP contribution in [0.1, 0.15) is 47.4 Å². The van der Waals surface area contributed by atoms with E-state index in [9.17, 15) is 9.90 Å². The van der Waals surface area contributed by atoms with Crippen LogP contribution in [0.4, 0.5) is 0 Å².